The van der Waals surface area contributed by atoms with E-state index in [1.165, 1.54) is 7.11 Å². The first-order valence-electron chi connectivity index (χ1n) is 7.10. The van der Waals surface area contributed by atoms with Gasteiger partial charge in [-0.15, -0.1) is 0 Å². The highest BCUT2D eigenvalue weighted by atomic mass is 16.5. The van der Waals surface area contributed by atoms with Gasteiger partial charge in [-0.2, -0.15) is 0 Å². The van der Waals surface area contributed by atoms with E-state index in [1.54, 1.807) is 11.8 Å². The molecule has 1 amide bonds. The van der Waals surface area contributed by atoms with Crippen molar-refractivity contribution in [3.8, 4) is 0 Å². The molecule has 1 heterocycles. The predicted octanol–water partition coefficient (Wildman–Crippen LogP) is 1.27. The number of amides is 1. The molecule has 0 aromatic carbocycles. The highest BCUT2D eigenvalue weighted by Crippen LogP contribution is 2.21. The lowest BCUT2D eigenvalue weighted by Crippen LogP contribution is -2.45. The maximum Gasteiger partial charge on any atom is 0.307 e. The number of piperidine rings is 1. The summed E-state index contributed by atoms with van der Waals surface area (Å²) in [6.07, 6.45) is 3.19. The Morgan fingerprint density at radius 1 is 1.15 bits per heavy atom. The Labute approximate surface area is 119 Å². The third-order valence-corrected chi connectivity index (χ3v) is 3.43. The van der Waals surface area contributed by atoms with Crippen LogP contribution in [0, 0.1) is 0 Å². The summed E-state index contributed by atoms with van der Waals surface area (Å²) in [6, 6.07) is -0.106. The SMILES string of the molecule is CCOC(=O)CCC(=O)N1CCCCC1CC(=O)OC. The molecule has 0 radical (unpaired) electrons. The lowest BCUT2D eigenvalue weighted by Gasteiger charge is -2.35. The Bertz CT molecular complexity index is 355. The fourth-order valence-corrected chi connectivity index (χ4v) is 2.40. The van der Waals surface area contributed by atoms with Crippen LogP contribution in [0.1, 0.15) is 45.4 Å². The molecule has 0 aromatic rings. The number of nitrogens with zero attached hydrogens (tertiary/aromatic N) is 1. The molecule has 1 atom stereocenters. The van der Waals surface area contributed by atoms with Gasteiger partial charge in [0.25, 0.3) is 0 Å². The van der Waals surface area contributed by atoms with Gasteiger partial charge in [0.15, 0.2) is 0 Å². The minimum atomic E-state index is -0.359. The van der Waals surface area contributed by atoms with Crippen molar-refractivity contribution >= 4 is 17.8 Å². The fraction of sp³-hybridized carbons (Fsp3) is 0.786. The molecule has 1 fully saturated rings. The van der Waals surface area contributed by atoms with Crippen molar-refractivity contribution in [3.63, 3.8) is 0 Å². The molecule has 1 rings (SSSR count). The number of methoxy groups -OCH3 is 1. The number of carbonyl (C=O) groups is 3. The molecule has 0 N–H and O–H groups in total. The van der Waals surface area contributed by atoms with Gasteiger partial charge in [0, 0.05) is 19.0 Å². The second-order valence-corrected chi connectivity index (χ2v) is 4.82. The van der Waals surface area contributed by atoms with Gasteiger partial charge in [0.1, 0.15) is 0 Å². The van der Waals surface area contributed by atoms with E-state index < -0.39 is 0 Å². The summed E-state index contributed by atoms with van der Waals surface area (Å²) in [5.74, 6) is -0.755. The second-order valence-electron chi connectivity index (χ2n) is 4.82. The van der Waals surface area contributed by atoms with E-state index in [2.05, 4.69) is 4.74 Å². The van der Waals surface area contributed by atoms with Crippen LogP contribution in [0.5, 0.6) is 0 Å². The quantitative estimate of drug-likeness (QED) is 0.687. The number of ether oxygens (including phenoxy) is 2. The van der Waals surface area contributed by atoms with Crippen LogP contribution in [0.3, 0.4) is 0 Å². The summed E-state index contributed by atoms with van der Waals surface area (Å²) in [5, 5.41) is 0. The second kappa shape index (κ2) is 8.55. The van der Waals surface area contributed by atoms with Gasteiger partial charge in [-0.25, -0.2) is 0 Å². The Morgan fingerprint density at radius 3 is 2.55 bits per heavy atom. The van der Waals surface area contributed by atoms with Crippen LogP contribution < -0.4 is 0 Å². The number of hydrogen-bond donors (Lipinski definition) is 0. The predicted molar refractivity (Wildman–Crippen MR) is 71.9 cm³/mol. The van der Waals surface area contributed by atoms with Gasteiger partial charge < -0.3 is 14.4 Å². The molecular weight excluding hydrogens is 262 g/mol. The van der Waals surface area contributed by atoms with Crippen LogP contribution in [-0.4, -0.2) is 49.0 Å². The van der Waals surface area contributed by atoms with Crippen LogP contribution in [0.2, 0.25) is 0 Å². The molecule has 1 saturated heterocycles. The van der Waals surface area contributed by atoms with Crippen molar-refractivity contribution in [2.24, 2.45) is 0 Å². The number of carbonyl (C=O) groups excluding carboxylic acids is 3. The molecule has 6 heteroatoms. The van der Waals surface area contributed by atoms with Gasteiger partial charge in [-0.1, -0.05) is 0 Å². The van der Waals surface area contributed by atoms with Crippen molar-refractivity contribution < 1.29 is 23.9 Å². The van der Waals surface area contributed by atoms with E-state index in [1.807, 2.05) is 0 Å². The molecule has 1 aliphatic rings. The maximum atomic E-state index is 12.2. The first kappa shape index (κ1) is 16.5. The molecular formula is C14H23NO5. The molecule has 0 spiro atoms. The first-order chi connectivity index (χ1) is 9.58. The van der Waals surface area contributed by atoms with Gasteiger partial charge in [-0.05, 0) is 26.2 Å². The zero-order valence-electron chi connectivity index (χ0n) is 12.2. The average molecular weight is 285 g/mol. The zero-order valence-corrected chi connectivity index (χ0v) is 12.2. The normalized spacial score (nSPS) is 18.5. The summed E-state index contributed by atoms with van der Waals surface area (Å²) < 4.78 is 9.46. The average Bonchev–Trinajstić information content (AvgIpc) is 2.45. The summed E-state index contributed by atoms with van der Waals surface area (Å²) in [5.41, 5.74) is 0. The first-order valence-corrected chi connectivity index (χ1v) is 7.10. The maximum absolute atomic E-state index is 12.2. The third-order valence-electron chi connectivity index (χ3n) is 3.43. The van der Waals surface area contributed by atoms with E-state index in [0.717, 1.165) is 19.3 Å². The van der Waals surface area contributed by atoms with E-state index in [0.29, 0.717) is 13.2 Å². The Hall–Kier alpha value is -1.59. The highest BCUT2D eigenvalue weighted by Gasteiger charge is 2.28. The van der Waals surface area contributed by atoms with Crippen LogP contribution in [0.15, 0.2) is 0 Å². The topological polar surface area (TPSA) is 72.9 Å². The van der Waals surface area contributed by atoms with E-state index >= 15 is 0 Å². The number of hydrogen-bond acceptors (Lipinski definition) is 5. The molecule has 114 valence electrons. The van der Waals surface area contributed by atoms with Crippen molar-refractivity contribution in [2.45, 2.75) is 51.5 Å². The lowest BCUT2D eigenvalue weighted by molar-refractivity contribution is -0.148. The summed E-state index contributed by atoms with van der Waals surface area (Å²) in [6.45, 7) is 2.70. The fourth-order valence-electron chi connectivity index (χ4n) is 2.40. The van der Waals surface area contributed by atoms with Crippen LogP contribution in [-0.2, 0) is 23.9 Å². The monoisotopic (exact) mass is 285 g/mol. The third kappa shape index (κ3) is 5.19. The number of likely N-dealkylation sites (tertiary alicyclic amines) is 1. The summed E-state index contributed by atoms with van der Waals surface area (Å²) in [7, 11) is 1.35. The molecule has 20 heavy (non-hydrogen) atoms. The van der Waals surface area contributed by atoms with Crippen molar-refractivity contribution in [1.82, 2.24) is 4.90 Å². The van der Waals surface area contributed by atoms with Crippen LogP contribution >= 0.6 is 0 Å². The molecule has 0 aliphatic carbocycles. The van der Waals surface area contributed by atoms with E-state index in [-0.39, 0.29) is 43.2 Å². The smallest absolute Gasteiger partial charge is 0.307 e. The van der Waals surface area contributed by atoms with E-state index in [9.17, 15) is 14.4 Å². The molecule has 0 bridgehead atoms. The zero-order chi connectivity index (χ0) is 15.0. The molecule has 1 unspecified atom stereocenters. The summed E-state index contributed by atoms with van der Waals surface area (Å²) in [4.78, 5) is 36.5. The standard InChI is InChI=1S/C14H23NO5/c1-3-20-13(17)8-7-12(16)15-9-5-4-6-11(15)10-14(18)19-2/h11H,3-10H2,1-2H3. The lowest BCUT2D eigenvalue weighted by atomic mass is 9.98. The summed E-state index contributed by atoms with van der Waals surface area (Å²) >= 11 is 0. The largest absolute Gasteiger partial charge is 0.469 e. The molecule has 6 nitrogen and oxygen atoms in total. The number of esters is 2. The minimum absolute atomic E-state index is 0.0911. The van der Waals surface area contributed by atoms with E-state index in [4.69, 9.17) is 4.74 Å². The minimum Gasteiger partial charge on any atom is -0.469 e. The van der Waals surface area contributed by atoms with Crippen molar-refractivity contribution in [1.29, 1.82) is 0 Å². The Morgan fingerprint density at radius 2 is 1.90 bits per heavy atom. The Balaban J connectivity index is 2.49. The number of rotatable bonds is 6. The van der Waals surface area contributed by atoms with Crippen LogP contribution in [0.4, 0.5) is 0 Å². The van der Waals surface area contributed by atoms with Gasteiger partial charge in [0.2, 0.25) is 5.91 Å². The van der Waals surface area contributed by atoms with Gasteiger partial charge in [0.05, 0.1) is 26.6 Å². The van der Waals surface area contributed by atoms with Crippen molar-refractivity contribution in [3.05, 3.63) is 0 Å². The highest BCUT2D eigenvalue weighted by molar-refractivity contribution is 5.82. The van der Waals surface area contributed by atoms with Gasteiger partial charge in [-0.3, -0.25) is 14.4 Å². The van der Waals surface area contributed by atoms with Gasteiger partial charge >= 0.3 is 11.9 Å². The molecule has 1 aliphatic heterocycles. The Kier molecular flexibility index (Phi) is 7.04. The van der Waals surface area contributed by atoms with Crippen LogP contribution in [0.25, 0.3) is 0 Å². The van der Waals surface area contributed by atoms with Crippen molar-refractivity contribution in [2.75, 3.05) is 20.3 Å². The molecule has 0 aromatic heterocycles. The molecule has 0 saturated carbocycles.